The number of hydrogen-bond acceptors (Lipinski definition) is 4. The first kappa shape index (κ1) is 19.2. The average molecular weight is 372 g/mol. The number of carbonyl (C=O) groups excluding carboxylic acids is 1. The van der Waals surface area contributed by atoms with Crippen molar-refractivity contribution in [2.45, 2.75) is 26.0 Å². The molecule has 0 radical (unpaired) electrons. The summed E-state index contributed by atoms with van der Waals surface area (Å²) >= 11 is 0. The Hall–Kier alpha value is -2.60. The van der Waals surface area contributed by atoms with Gasteiger partial charge in [0, 0.05) is 31.3 Å². The van der Waals surface area contributed by atoms with Crippen LogP contribution in [-0.4, -0.2) is 43.7 Å². The Bertz CT molecular complexity index is 797. The van der Waals surface area contributed by atoms with Gasteiger partial charge in [-0.15, -0.1) is 0 Å². The smallest absolute Gasteiger partial charge is 0.234 e. The van der Waals surface area contributed by atoms with Gasteiger partial charge in [0.1, 0.15) is 23.4 Å². The lowest BCUT2D eigenvalue weighted by molar-refractivity contribution is -0.122. The molecule has 1 aliphatic rings. The fourth-order valence-corrected chi connectivity index (χ4v) is 3.24. The Morgan fingerprint density at radius 2 is 2.19 bits per heavy atom. The van der Waals surface area contributed by atoms with Gasteiger partial charge in [-0.1, -0.05) is 18.2 Å². The maximum atomic E-state index is 13.2. The summed E-state index contributed by atoms with van der Waals surface area (Å²) in [6.07, 6.45) is 0.574. The number of nitrogens with zero attached hydrogens (tertiary/aromatic N) is 1. The van der Waals surface area contributed by atoms with Crippen LogP contribution < -0.4 is 14.8 Å². The number of amides is 1. The normalized spacial score (nSPS) is 16.8. The standard InChI is InChI=1S/C21H25FN2O3/c1-15-12-24(13-17-6-7-19(26-2)11-20(17)27-15)14-21(25)23-9-8-16-4-3-5-18(22)10-16/h3-7,10-11,15H,8-9,12-14H2,1-2H3,(H,23,25). The summed E-state index contributed by atoms with van der Waals surface area (Å²) < 4.78 is 24.4. The van der Waals surface area contributed by atoms with Gasteiger partial charge in [-0.3, -0.25) is 9.69 Å². The van der Waals surface area contributed by atoms with Crippen molar-refractivity contribution in [3.8, 4) is 11.5 Å². The molecule has 6 heteroatoms. The van der Waals surface area contributed by atoms with Crippen molar-refractivity contribution in [3.05, 3.63) is 59.4 Å². The molecular formula is C21H25FN2O3. The van der Waals surface area contributed by atoms with Gasteiger partial charge in [-0.05, 0) is 37.1 Å². The van der Waals surface area contributed by atoms with Crippen molar-refractivity contribution < 1.29 is 18.7 Å². The second-order valence-corrected chi connectivity index (χ2v) is 6.80. The molecular weight excluding hydrogens is 347 g/mol. The van der Waals surface area contributed by atoms with Gasteiger partial charge in [0.25, 0.3) is 0 Å². The maximum Gasteiger partial charge on any atom is 0.234 e. The molecule has 2 aromatic carbocycles. The summed E-state index contributed by atoms with van der Waals surface area (Å²) in [6, 6.07) is 12.2. The van der Waals surface area contributed by atoms with E-state index in [-0.39, 0.29) is 17.8 Å². The highest BCUT2D eigenvalue weighted by Gasteiger charge is 2.22. The zero-order valence-corrected chi connectivity index (χ0v) is 15.7. The van der Waals surface area contributed by atoms with Crippen molar-refractivity contribution in [2.75, 3.05) is 26.7 Å². The van der Waals surface area contributed by atoms with Crippen molar-refractivity contribution in [3.63, 3.8) is 0 Å². The van der Waals surface area contributed by atoms with Crippen LogP contribution in [0.3, 0.4) is 0 Å². The average Bonchev–Trinajstić information content (AvgIpc) is 2.78. The molecule has 2 aromatic rings. The largest absolute Gasteiger partial charge is 0.497 e. The molecule has 0 saturated heterocycles. The fraction of sp³-hybridized carbons (Fsp3) is 0.381. The van der Waals surface area contributed by atoms with Crippen molar-refractivity contribution in [2.24, 2.45) is 0 Å². The van der Waals surface area contributed by atoms with E-state index < -0.39 is 0 Å². The van der Waals surface area contributed by atoms with E-state index >= 15 is 0 Å². The lowest BCUT2D eigenvalue weighted by Gasteiger charge is -2.21. The molecule has 0 spiro atoms. The Morgan fingerprint density at radius 3 is 2.96 bits per heavy atom. The molecule has 1 aliphatic heterocycles. The Labute approximate surface area is 159 Å². The zero-order chi connectivity index (χ0) is 19.2. The topological polar surface area (TPSA) is 50.8 Å². The Kier molecular flexibility index (Phi) is 6.29. The van der Waals surface area contributed by atoms with Crippen LogP contribution in [0, 0.1) is 5.82 Å². The summed E-state index contributed by atoms with van der Waals surface area (Å²) in [5.41, 5.74) is 1.91. The van der Waals surface area contributed by atoms with Crippen LogP contribution in [0.5, 0.6) is 11.5 Å². The number of fused-ring (bicyclic) bond motifs is 1. The van der Waals surface area contributed by atoms with Crippen molar-refractivity contribution >= 4 is 5.91 Å². The molecule has 1 heterocycles. The van der Waals surface area contributed by atoms with Gasteiger partial charge >= 0.3 is 0 Å². The zero-order valence-electron chi connectivity index (χ0n) is 15.7. The molecule has 27 heavy (non-hydrogen) atoms. The molecule has 0 saturated carbocycles. The first-order valence-corrected chi connectivity index (χ1v) is 9.10. The Balaban J connectivity index is 1.53. The molecule has 0 fully saturated rings. The van der Waals surface area contributed by atoms with E-state index in [1.807, 2.05) is 31.2 Å². The highest BCUT2D eigenvalue weighted by Crippen LogP contribution is 2.29. The molecule has 5 nitrogen and oxygen atoms in total. The third-order valence-corrected chi connectivity index (χ3v) is 4.50. The highest BCUT2D eigenvalue weighted by atomic mass is 19.1. The molecule has 144 valence electrons. The first-order chi connectivity index (χ1) is 13.0. The molecule has 1 unspecified atom stereocenters. The van der Waals surface area contributed by atoms with Crippen LogP contribution in [0.25, 0.3) is 0 Å². The van der Waals surface area contributed by atoms with E-state index in [0.29, 0.717) is 32.6 Å². The van der Waals surface area contributed by atoms with Crippen molar-refractivity contribution in [1.82, 2.24) is 10.2 Å². The molecule has 1 N–H and O–H groups in total. The van der Waals surface area contributed by atoms with Gasteiger partial charge in [-0.25, -0.2) is 4.39 Å². The van der Waals surface area contributed by atoms with Crippen LogP contribution in [0.15, 0.2) is 42.5 Å². The van der Waals surface area contributed by atoms with Crippen LogP contribution >= 0.6 is 0 Å². The highest BCUT2D eigenvalue weighted by molar-refractivity contribution is 5.78. The summed E-state index contributed by atoms with van der Waals surface area (Å²) in [6.45, 7) is 4.07. The number of methoxy groups -OCH3 is 1. The van der Waals surface area contributed by atoms with E-state index in [1.54, 1.807) is 13.2 Å². The van der Waals surface area contributed by atoms with Gasteiger partial charge in [0.15, 0.2) is 0 Å². The molecule has 1 amide bonds. The van der Waals surface area contributed by atoms with Crippen molar-refractivity contribution in [1.29, 1.82) is 0 Å². The van der Waals surface area contributed by atoms with Crippen LogP contribution in [-0.2, 0) is 17.8 Å². The first-order valence-electron chi connectivity index (χ1n) is 9.10. The van der Waals surface area contributed by atoms with E-state index in [0.717, 1.165) is 22.6 Å². The van der Waals surface area contributed by atoms with E-state index in [1.165, 1.54) is 12.1 Å². The lowest BCUT2D eigenvalue weighted by Crippen LogP contribution is -2.40. The molecule has 1 atom stereocenters. The number of halogens is 1. The van der Waals surface area contributed by atoms with Gasteiger partial charge in [-0.2, -0.15) is 0 Å². The minimum Gasteiger partial charge on any atom is -0.497 e. The fourth-order valence-electron chi connectivity index (χ4n) is 3.24. The summed E-state index contributed by atoms with van der Waals surface area (Å²) in [5.74, 6) is 1.25. The molecule has 3 rings (SSSR count). The van der Waals surface area contributed by atoms with Gasteiger partial charge < -0.3 is 14.8 Å². The third kappa shape index (κ3) is 5.44. The molecule has 0 aliphatic carbocycles. The van der Waals surface area contributed by atoms with Gasteiger partial charge in [0.2, 0.25) is 5.91 Å². The van der Waals surface area contributed by atoms with Crippen LogP contribution in [0.1, 0.15) is 18.1 Å². The summed E-state index contributed by atoms with van der Waals surface area (Å²) in [7, 11) is 1.63. The van der Waals surface area contributed by atoms with E-state index in [9.17, 15) is 9.18 Å². The number of carbonyl (C=O) groups is 1. The Morgan fingerprint density at radius 1 is 1.33 bits per heavy atom. The number of ether oxygens (including phenoxy) is 2. The predicted molar refractivity (Wildman–Crippen MR) is 101 cm³/mol. The summed E-state index contributed by atoms with van der Waals surface area (Å²) in [4.78, 5) is 14.4. The van der Waals surface area contributed by atoms with Crippen LogP contribution in [0.2, 0.25) is 0 Å². The second-order valence-electron chi connectivity index (χ2n) is 6.80. The van der Waals surface area contributed by atoms with E-state index in [4.69, 9.17) is 9.47 Å². The maximum absolute atomic E-state index is 13.2. The number of nitrogens with one attached hydrogen (secondary N) is 1. The van der Waals surface area contributed by atoms with Crippen LogP contribution in [0.4, 0.5) is 4.39 Å². The lowest BCUT2D eigenvalue weighted by atomic mass is 10.1. The summed E-state index contributed by atoms with van der Waals surface area (Å²) in [5, 5.41) is 2.91. The number of benzene rings is 2. The minimum atomic E-state index is -0.257. The molecule has 0 aromatic heterocycles. The van der Waals surface area contributed by atoms with Gasteiger partial charge in [0.05, 0.1) is 13.7 Å². The minimum absolute atomic E-state index is 0.0292. The number of hydrogen-bond donors (Lipinski definition) is 1. The third-order valence-electron chi connectivity index (χ3n) is 4.50. The van der Waals surface area contributed by atoms with E-state index in [2.05, 4.69) is 10.2 Å². The monoisotopic (exact) mass is 372 g/mol. The SMILES string of the molecule is COc1ccc2c(c1)OC(C)CN(CC(=O)NCCc1cccc(F)c1)C2. The predicted octanol–water partition coefficient (Wildman–Crippen LogP) is 2.78. The second kappa shape index (κ2) is 8.86. The molecule has 0 bridgehead atoms. The quantitative estimate of drug-likeness (QED) is 0.847. The number of rotatable bonds is 6.